The Balaban J connectivity index is 1.69. The van der Waals surface area contributed by atoms with Crippen molar-refractivity contribution >= 4 is 5.91 Å². The highest BCUT2D eigenvalue weighted by molar-refractivity contribution is 5.94. The van der Waals surface area contributed by atoms with E-state index in [4.69, 9.17) is 9.78 Å². The second kappa shape index (κ2) is 7.26. The monoisotopic (exact) mass is 324 g/mol. The molecule has 2 aromatic rings. The largest absolute Gasteiger partial charge is 0.339 e. The number of nitriles is 1. The van der Waals surface area contributed by atoms with Gasteiger partial charge in [-0.2, -0.15) is 10.2 Å². The number of carbonyl (C=O) groups excluding carboxylic acids is 1. The lowest BCUT2D eigenvalue weighted by atomic mass is 9.97. The first kappa shape index (κ1) is 16.2. The number of hydrogen-bond donors (Lipinski definition) is 0. The van der Waals surface area contributed by atoms with Crippen molar-refractivity contribution in [3.05, 3.63) is 47.1 Å². The number of nitrogens with zero attached hydrogens (tertiary/aromatic N) is 4. The van der Waals surface area contributed by atoms with Crippen LogP contribution in [0.4, 0.5) is 0 Å². The molecule has 0 bridgehead atoms. The summed E-state index contributed by atoms with van der Waals surface area (Å²) in [6, 6.07) is 8.81. The molecule has 3 rings (SSSR count). The number of aryl methyl sites for hydroxylation is 1. The van der Waals surface area contributed by atoms with Gasteiger partial charge >= 0.3 is 0 Å². The van der Waals surface area contributed by atoms with Crippen molar-refractivity contribution in [2.24, 2.45) is 0 Å². The third-order valence-electron chi connectivity index (χ3n) is 4.28. The highest BCUT2D eigenvalue weighted by Crippen LogP contribution is 2.26. The van der Waals surface area contributed by atoms with Crippen LogP contribution in [-0.2, 0) is 6.42 Å². The number of aromatic nitrogens is 2. The van der Waals surface area contributed by atoms with Gasteiger partial charge in [-0.05, 0) is 43.5 Å². The number of piperidine rings is 1. The third kappa shape index (κ3) is 3.46. The molecule has 24 heavy (non-hydrogen) atoms. The fraction of sp³-hybridized carbons (Fsp3) is 0.444. The summed E-state index contributed by atoms with van der Waals surface area (Å²) in [7, 11) is 0. The van der Waals surface area contributed by atoms with E-state index in [1.165, 1.54) is 0 Å². The first-order valence-corrected chi connectivity index (χ1v) is 8.33. The van der Waals surface area contributed by atoms with Crippen LogP contribution in [0.5, 0.6) is 0 Å². The summed E-state index contributed by atoms with van der Waals surface area (Å²) in [4.78, 5) is 19.0. The van der Waals surface area contributed by atoms with E-state index in [2.05, 4.69) is 23.1 Å². The molecule has 6 nitrogen and oxygen atoms in total. The fourth-order valence-corrected chi connectivity index (χ4v) is 2.99. The van der Waals surface area contributed by atoms with Gasteiger partial charge in [-0.3, -0.25) is 4.79 Å². The Morgan fingerprint density at radius 1 is 1.42 bits per heavy atom. The lowest BCUT2D eigenvalue weighted by molar-refractivity contribution is 0.0695. The molecule has 1 amide bonds. The minimum absolute atomic E-state index is 0.0162. The minimum Gasteiger partial charge on any atom is -0.339 e. The molecule has 6 heteroatoms. The molecule has 1 saturated heterocycles. The van der Waals surface area contributed by atoms with Crippen LogP contribution in [0.3, 0.4) is 0 Å². The van der Waals surface area contributed by atoms with E-state index >= 15 is 0 Å². The van der Waals surface area contributed by atoms with Gasteiger partial charge in [0.2, 0.25) is 5.89 Å². The van der Waals surface area contributed by atoms with E-state index in [1.54, 1.807) is 24.3 Å². The van der Waals surface area contributed by atoms with E-state index < -0.39 is 0 Å². The summed E-state index contributed by atoms with van der Waals surface area (Å²) in [5.74, 6) is 1.45. The van der Waals surface area contributed by atoms with Gasteiger partial charge in [0.25, 0.3) is 5.91 Å². The lowest BCUT2D eigenvalue weighted by Crippen LogP contribution is -2.39. The Bertz CT molecular complexity index is 745. The van der Waals surface area contributed by atoms with Crippen molar-refractivity contribution in [1.29, 1.82) is 5.26 Å². The molecule has 0 aliphatic carbocycles. The summed E-state index contributed by atoms with van der Waals surface area (Å²) in [5.41, 5.74) is 1.16. The summed E-state index contributed by atoms with van der Waals surface area (Å²) in [6.45, 7) is 3.40. The zero-order valence-corrected chi connectivity index (χ0v) is 13.7. The van der Waals surface area contributed by atoms with Crippen LogP contribution in [0.2, 0.25) is 0 Å². The summed E-state index contributed by atoms with van der Waals surface area (Å²) >= 11 is 0. The average Bonchev–Trinajstić information content (AvgIpc) is 3.10. The quantitative estimate of drug-likeness (QED) is 0.863. The Morgan fingerprint density at radius 3 is 2.92 bits per heavy atom. The van der Waals surface area contributed by atoms with E-state index in [0.29, 0.717) is 23.6 Å². The molecule has 1 aromatic heterocycles. The Hall–Kier alpha value is -2.68. The minimum atomic E-state index is -0.0162. The molecule has 1 fully saturated rings. The second-order valence-corrected chi connectivity index (χ2v) is 6.08. The van der Waals surface area contributed by atoms with Gasteiger partial charge in [0.1, 0.15) is 0 Å². The van der Waals surface area contributed by atoms with Crippen LogP contribution in [-0.4, -0.2) is 34.0 Å². The SMILES string of the molecule is CCCc1noc(C2CCCN(C(=O)c3ccc(C#N)cc3)C2)n1. The molecule has 1 aliphatic rings. The normalized spacial score (nSPS) is 17.5. The molecule has 0 saturated carbocycles. The van der Waals surface area contributed by atoms with Crippen molar-refractivity contribution in [2.45, 2.75) is 38.5 Å². The number of benzene rings is 1. The standard InChI is InChI=1S/C18H20N4O2/c1-2-4-16-20-17(24-21-16)15-5-3-10-22(12-15)18(23)14-8-6-13(11-19)7-9-14/h6-9,15H,2-5,10,12H2,1H3. The maximum absolute atomic E-state index is 12.7. The third-order valence-corrected chi connectivity index (χ3v) is 4.28. The van der Waals surface area contributed by atoms with Crippen LogP contribution in [0.1, 0.15) is 59.7 Å². The van der Waals surface area contributed by atoms with Crippen LogP contribution in [0.15, 0.2) is 28.8 Å². The van der Waals surface area contributed by atoms with Gasteiger partial charge in [-0.1, -0.05) is 12.1 Å². The lowest BCUT2D eigenvalue weighted by Gasteiger charge is -2.31. The van der Waals surface area contributed by atoms with Crippen LogP contribution >= 0.6 is 0 Å². The maximum Gasteiger partial charge on any atom is 0.253 e. The maximum atomic E-state index is 12.7. The van der Waals surface area contributed by atoms with E-state index in [-0.39, 0.29) is 11.8 Å². The van der Waals surface area contributed by atoms with E-state index in [1.807, 2.05) is 4.90 Å². The molecule has 1 aromatic carbocycles. The van der Waals surface area contributed by atoms with Crippen LogP contribution in [0, 0.1) is 11.3 Å². The Labute approximate surface area is 141 Å². The molecule has 124 valence electrons. The molecule has 2 heterocycles. The second-order valence-electron chi connectivity index (χ2n) is 6.08. The first-order chi connectivity index (χ1) is 11.7. The number of hydrogen-bond acceptors (Lipinski definition) is 5. The predicted molar refractivity (Wildman–Crippen MR) is 87.3 cm³/mol. The smallest absolute Gasteiger partial charge is 0.253 e. The van der Waals surface area contributed by atoms with Crippen LogP contribution < -0.4 is 0 Å². The fourth-order valence-electron chi connectivity index (χ4n) is 2.99. The van der Waals surface area contributed by atoms with Gasteiger partial charge in [-0.25, -0.2) is 0 Å². The predicted octanol–water partition coefficient (Wildman–Crippen LogP) is 2.91. The molecule has 0 radical (unpaired) electrons. The number of likely N-dealkylation sites (tertiary alicyclic amines) is 1. The van der Waals surface area contributed by atoms with E-state index in [0.717, 1.165) is 38.1 Å². The van der Waals surface area contributed by atoms with Crippen molar-refractivity contribution < 1.29 is 9.32 Å². The molecule has 0 N–H and O–H groups in total. The van der Waals surface area contributed by atoms with Crippen molar-refractivity contribution in [1.82, 2.24) is 15.0 Å². The van der Waals surface area contributed by atoms with Crippen LogP contribution in [0.25, 0.3) is 0 Å². The zero-order valence-electron chi connectivity index (χ0n) is 13.7. The zero-order chi connectivity index (χ0) is 16.9. The number of carbonyl (C=O) groups is 1. The molecular formula is C18H20N4O2. The molecular weight excluding hydrogens is 304 g/mol. The van der Waals surface area contributed by atoms with E-state index in [9.17, 15) is 4.79 Å². The van der Waals surface area contributed by atoms with Gasteiger partial charge in [0, 0.05) is 25.1 Å². The van der Waals surface area contributed by atoms with Crippen molar-refractivity contribution in [3.63, 3.8) is 0 Å². The first-order valence-electron chi connectivity index (χ1n) is 8.33. The highest BCUT2D eigenvalue weighted by atomic mass is 16.5. The molecule has 1 atom stereocenters. The van der Waals surface area contributed by atoms with Gasteiger partial charge < -0.3 is 9.42 Å². The Morgan fingerprint density at radius 2 is 2.21 bits per heavy atom. The van der Waals surface area contributed by atoms with Gasteiger partial charge in [0.05, 0.1) is 17.6 Å². The molecule has 1 aliphatic heterocycles. The average molecular weight is 324 g/mol. The topological polar surface area (TPSA) is 83.0 Å². The summed E-state index contributed by atoms with van der Waals surface area (Å²) < 4.78 is 5.39. The highest BCUT2D eigenvalue weighted by Gasteiger charge is 2.29. The van der Waals surface area contributed by atoms with Crippen molar-refractivity contribution in [2.75, 3.05) is 13.1 Å². The van der Waals surface area contributed by atoms with Gasteiger partial charge in [0.15, 0.2) is 5.82 Å². The molecule has 1 unspecified atom stereocenters. The summed E-state index contributed by atoms with van der Waals surface area (Å²) in [5, 5.41) is 12.9. The van der Waals surface area contributed by atoms with Gasteiger partial charge in [-0.15, -0.1) is 0 Å². The number of rotatable bonds is 4. The molecule has 0 spiro atoms. The van der Waals surface area contributed by atoms with Crippen molar-refractivity contribution in [3.8, 4) is 6.07 Å². The Kier molecular flexibility index (Phi) is 4.90. The summed E-state index contributed by atoms with van der Waals surface area (Å²) in [6.07, 6.45) is 3.65. The number of amides is 1.